The number of rotatable bonds is 4. The summed E-state index contributed by atoms with van der Waals surface area (Å²) in [6.07, 6.45) is 1.66. The summed E-state index contributed by atoms with van der Waals surface area (Å²) in [4.78, 5) is 21.3. The van der Waals surface area contributed by atoms with Crippen molar-refractivity contribution in [1.29, 1.82) is 0 Å². The molecule has 0 radical (unpaired) electrons. The van der Waals surface area contributed by atoms with E-state index < -0.39 is 10.0 Å². The molecule has 1 saturated heterocycles. The van der Waals surface area contributed by atoms with Crippen LogP contribution >= 0.6 is 0 Å². The van der Waals surface area contributed by atoms with Gasteiger partial charge in [-0.05, 0) is 50.1 Å². The molecule has 0 aliphatic carbocycles. The maximum atomic E-state index is 12.8. The quantitative estimate of drug-likeness (QED) is 0.758. The molecule has 0 unspecified atom stereocenters. The molecule has 1 fully saturated rings. The summed E-state index contributed by atoms with van der Waals surface area (Å²) in [5.41, 5.74) is 1.30. The Hall–Kier alpha value is -2.69. The van der Waals surface area contributed by atoms with Gasteiger partial charge in [0, 0.05) is 32.0 Å². The fourth-order valence-corrected chi connectivity index (χ4v) is 4.57. The third kappa shape index (κ3) is 3.85. The van der Waals surface area contributed by atoms with Crippen molar-refractivity contribution in [1.82, 2.24) is 4.98 Å². The van der Waals surface area contributed by atoms with Gasteiger partial charge in [-0.2, -0.15) is 0 Å². The number of nitrogens with zero attached hydrogens (tertiary/aromatic N) is 3. The largest absolute Gasteiger partial charge is 0.381 e. The van der Waals surface area contributed by atoms with Crippen LogP contribution in [0.4, 0.5) is 23.0 Å². The Bertz CT molecular complexity index is 1070. The van der Waals surface area contributed by atoms with Crippen molar-refractivity contribution in [3.8, 4) is 0 Å². The van der Waals surface area contributed by atoms with Gasteiger partial charge in [0.15, 0.2) is 5.82 Å². The number of primary sulfonamides is 1. The van der Waals surface area contributed by atoms with Crippen LogP contribution in [0.5, 0.6) is 0 Å². The third-order valence-electron chi connectivity index (χ3n) is 5.58. The molecule has 9 nitrogen and oxygen atoms in total. The SMILES string of the molecule is C[C@@H]1C(=O)N(C)c2ccc(Nc3cccc(S(N)(=O)=O)c3)nc2N1C1CCOCC1. The number of benzene rings is 1. The summed E-state index contributed by atoms with van der Waals surface area (Å²) < 4.78 is 28.7. The fraction of sp³-hybridized carbons (Fsp3) is 0.400. The van der Waals surface area contributed by atoms with Gasteiger partial charge in [0.2, 0.25) is 15.9 Å². The Morgan fingerprint density at radius 2 is 1.93 bits per heavy atom. The standard InChI is InChI=1S/C20H25N5O4S/c1-13-20(26)24(2)17-6-7-18(22-14-4-3-5-16(12-14)30(21,27)28)23-19(17)25(13)15-8-10-29-11-9-15/h3-7,12-13,15H,8-11H2,1-2H3,(H,22,23)(H2,21,27,28)/t13-/m1/s1. The van der Waals surface area contributed by atoms with Crippen LogP contribution in [0.3, 0.4) is 0 Å². The molecule has 1 aromatic carbocycles. The summed E-state index contributed by atoms with van der Waals surface area (Å²) in [6.45, 7) is 3.21. The molecule has 160 valence electrons. The molecular weight excluding hydrogens is 406 g/mol. The van der Waals surface area contributed by atoms with Crippen LogP contribution in [0, 0.1) is 0 Å². The summed E-state index contributed by atoms with van der Waals surface area (Å²) in [5.74, 6) is 1.30. The number of carbonyl (C=O) groups excluding carboxylic acids is 1. The Kier molecular flexibility index (Phi) is 5.39. The number of anilines is 4. The van der Waals surface area contributed by atoms with Crippen molar-refractivity contribution >= 4 is 38.9 Å². The number of sulfonamides is 1. The van der Waals surface area contributed by atoms with Gasteiger partial charge in [-0.1, -0.05) is 6.07 Å². The molecule has 1 aromatic heterocycles. The molecule has 0 saturated carbocycles. The van der Waals surface area contributed by atoms with E-state index in [2.05, 4.69) is 10.2 Å². The van der Waals surface area contributed by atoms with E-state index in [4.69, 9.17) is 14.9 Å². The number of ether oxygens (including phenoxy) is 1. The minimum Gasteiger partial charge on any atom is -0.381 e. The fourth-order valence-electron chi connectivity index (χ4n) is 4.02. The topological polar surface area (TPSA) is 118 Å². The summed E-state index contributed by atoms with van der Waals surface area (Å²) >= 11 is 0. The molecule has 1 atom stereocenters. The highest BCUT2D eigenvalue weighted by molar-refractivity contribution is 7.89. The number of fused-ring (bicyclic) bond motifs is 1. The third-order valence-corrected chi connectivity index (χ3v) is 6.50. The average Bonchev–Trinajstić information content (AvgIpc) is 2.73. The van der Waals surface area contributed by atoms with E-state index in [1.807, 2.05) is 13.0 Å². The number of hydrogen-bond acceptors (Lipinski definition) is 7. The number of hydrogen-bond donors (Lipinski definition) is 2. The Balaban J connectivity index is 1.70. The minimum absolute atomic E-state index is 0.0215. The second kappa shape index (κ2) is 7.86. The lowest BCUT2D eigenvalue weighted by Crippen LogP contribution is -2.56. The second-order valence-corrected chi connectivity index (χ2v) is 9.12. The lowest BCUT2D eigenvalue weighted by molar-refractivity contribution is -0.119. The predicted molar refractivity (Wildman–Crippen MR) is 115 cm³/mol. The van der Waals surface area contributed by atoms with Gasteiger partial charge in [-0.25, -0.2) is 18.5 Å². The van der Waals surface area contributed by atoms with Crippen LogP contribution in [-0.4, -0.2) is 51.7 Å². The smallest absolute Gasteiger partial charge is 0.249 e. The van der Waals surface area contributed by atoms with E-state index in [-0.39, 0.29) is 22.9 Å². The number of pyridine rings is 1. The first-order valence-corrected chi connectivity index (χ1v) is 11.3. The lowest BCUT2D eigenvalue weighted by Gasteiger charge is -2.44. The van der Waals surface area contributed by atoms with Crippen LogP contribution in [0.15, 0.2) is 41.3 Å². The van der Waals surface area contributed by atoms with E-state index in [1.165, 1.54) is 12.1 Å². The molecule has 1 amide bonds. The van der Waals surface area contributed by atoms with Crippen LogP contribution in [0.1, 0.15) is 19.8 Å². The predicted octanol–water partition coefficient (Wildman–Crippen LogP) is 1.82. The lowest BCUT2D eigenvalue weighted by atomic mass is 10.0. The maximum absolute atomic E-state index is 12.8. The maximum Gasteiger partial charge on any atom is 0.249 e. The summed E-state index contributed by atoms with van der Waals surface area (Å²) in [7, 11) is -2.05. The number of nitrogens with two attached hydrogens (primary N) is 1. The van der Waals surface area contributed by atoms with Crippen LogP contribution in [0.2, 0.25) is 0 Å². The molecule has 0 bridgehead atoms. The molecule has 3 N–H and O–H groups in total. The molecule has 4 rings (SSSR count). The number of aromatic nitrogens is 1. The van der Waals surface area contributed by atoms with Crippen LogP contribution < -0.4 is 20.3 Å². The Labute approximate surface area is 175 Å². The summed E-state index contributed by atoms with van der Waals surface area (Å²) in [6, 6.07) is 9.71. The van der Waals surface area contributed by atoms with Gasteiger partial charge in [-0.3, -0.25) is 4.79 Å². The van der Waals surface area contributed by atoms with Crippen molar-refractivity contribution in [2.45, 2.75) is 36.7 Å². The van der Waals surface area contributed by atoms with Gasteiger partial charge < -0.3 is 19.9 Å². The highest BCUT2D eigenvalue weighted by atomic mass is 32.2. The molecule has 30 heavy (non-hydrogen) atoms. The molecule has 2 aliphatic heterocycles. The van der Waals surface area contributed by atoms with Gasteiger partial charge in [0.25, 0.3) is 0 Å². The molecular formula is C20H25N5O4S. The first-order chi connectivity index (χ1) is 14.3. The first kappa shape index (κ1) is 20.6. The van der Waals surface area contributed by atoms with Crippen molar-refractivity contribution in [2.24, 2.45) is 5.14 Å². The van der Waals surface area contributed by atoms with E-state index in [0.717, 1.165) is 24.3 Å². The number of carbonyl (C=O) groups is 1. The minimum atomic E-state index is -3.80. The Morgan fingerprint density at radius 3 is 2.63 bits per heavy atom. The van der Waals surface area contributed by atoms with Gasteiger partial charge in [-0.15, -0.1) is 0 Å². The zero-order valence-electron chi connectivity index (χ0n) is 16.9. The van der Waals surface area contributed by atoms with Crippen molar-refractivity contribution < 1.29 is 17.9 Å². The highest BCUT2D eigenvalue weighted by Gasteiger charge is 2.39. The monoisotopic (exact) mass is 431 g/mol. The molecule has 2 aliphatic rings. The number of nitrogens with one attached hydrogen (secondary N) is 1. The van der Waals surface area contributed by atoms with E-state index in [0.29, 0.717) is 24.7 Å². The van der Waals surface area contributed by atoms with Crippen LogP contribution in [0.25, 0.3) is 0 Å². The second-order valence-electron chi connectivity index (χ2n) is 7.56. The van der Waals surface area contributed by atoms with E-state index in [1.54, 1.807) is 30.1 Å². The normalized spacial score (nSPS) is 20.2. The summed E-state index contributed by atoms with van der Waals surface area (Å²) in [5, 5.41) is 8.37. The molecule has 10 heteroatoms. The van der Waals surface area contributed by atoms with Gasteiger partial charge >= 0.3 is 0 Å². The highest BCUT2D eigenvalue weighted by Crippen LogP contribution is 2.38. The van der Waals surface area contributed by atoms with Crippen molar-refractivity contribution in [3.63, 3.8) is 0 Å². The van der Waals surface area contributed by atoms with Crippen molar-refractivity contribution in [2.75, 3.05) is 35.4 Å². The molecule has 0 spiro atoms. The van der Waals surface area contributed by atoms with E-state index >= 15 is 0 Å². The number of likely N-dealkylation sites (N-methyl/N-ethyl adjacent to an activating group) is 1. The first-order valence-electron chi connectivity index (χ1n) is 9.80. The number of amides is 1. The zero-order chi connectivity index (χ0) is 21.5. The molecule has 2 aromatic rings. The zero-order valence-corrected chi connectivity index (χ0v) is 17.7. The van der Waals surface area contributed by atoms with Gasteiger partial charge in [0.05, 0.1) is 10.6 Å². The van der Waals surface area contributed by atoms with Crippen molar-refractivity contribution in [3.05, 3.63) is 36.4 Å². The van der Waals surface area contributed by atoms with E-state index in [9.17, 15) is 13.2 Å². The average molecular weight is 432 g/mol. The molecule has 3 heterocycles. The Morgan fingerprint density at radius 1 is 1.20 bits per heavy atom. The van der Waals surface area contributed by atoms with Crippen LogP contribution in [-0.2, 0) is 19.6 Å². The van der Waals surface area contributed by atoms with Gasteiger partial charge in [0.1, 0.15) is 11.9 Å².